The van der Waals surface area contributed by atoms with Crippen molar-refractivity contribution in [2.24, 2.45) is 15.7 Å². The molecule has 6 heteroatoms. The fourth-order valence-electron chi connectivity index (χ4n) is 6.71. The van der Waals surface area contributed by atoms with Crippen LogP contribution < -0.4 is 5.73 Å². The third-order valence-corrected chi connectivity index (χ3v) is 9.72. The Bertz CT molecular complexity index is 2640. The highest BCUT2D eigenvalue weighted by Crippen LogP contribution is 2.31. The third kappa shape index (κ3) is 8.10. The van der Waals surface area contributed by atoms with Gasteiger partial charge in [0, 0.05) is 27.8 Å². The first-order chi connectivity index (χ1) is 27.5. The van der Waals surface area contributed by atoms with E-state index in [1.807, 2.05) is 110 Å². The standard InChI is InChI=1S/C50H40N6/c1-34-16-9-11-28-44(34)46(51)53-50(45-29-12-10-17-35(45)2)52-33-36-18-13-23-39(30-36)40-24-14-25-41(31-40)42-26-15-27-43(32-42)49-55-47(37-19-5-3-6-20-37)54-48(56-49)38-21-7-4-8-22-38/h3-32H,33H2,1-2H3,(H2,51,52,53). The average Bonchev–Trinajstić information content (AvgIpc) is 3.26. The molecule has 1 aromatic heterocycles. The molecule has 0 aliphatic carbocycles. The van der Waals surface area contributed by atoms with E-state index < -0.39 is 0 Å². The minimum atomic E-state index is 0.448. The first kappa shape index (κ1) is 35.7. The normalized spacial score (nSPS) is 11.8. The molecule has 0 unspecified atom stereocenters. The summed E-state index contributed by atoms with van der Waals surface area (Å²) in [4.78, 5) is 24.7. The van der Waals surface area contributed by atoms with E-state index in [1.165, 1.54) is 0 Å². The highest BCUT2D eigenvalue weighted by molar-refractivity contribution is 6.11. The molecule has 2 N–H and O–H groups in total. The van der Waals surface area contributed by atoms with Crippen molar-refractivity contribution >= 4 is 11.7 Å². The maximum absolute atomic E-state index is 6.58. The van der Waals surface area contributed by atoms with Crippen molar-refractivity contribution in [2.45, 2.75) is 20.4 Å². The van der Waals surface area contributed by atoms with Crippen molar-refractivity contribution in [1.82, 2.24) is 15.0 Å². The molecule has 0 bridgehead atoms. The number of rotatable bonds is 9. The second-order valence-corrected chi connectivity index (χ2v) is 13.7. The highest BCUT2D eigenvalue weighted by Gasteiger charge is 2.14. The molecule has 56 heavy (non-hydrogen) atoms. The molecule has 0 radical (unpaired) electrons. The smallest absolute Gasteiger partial charge is 0.164 e. The molecule has 0 aliphatic rings. The molecule has 0 spiro atoms. The van der Waals surface area contributed by atoms with Crippen LogP contribution in [0.2, 0.25) is 0 Å². The van der Waals surface area contributed by atoms with Crippen LogP contribution in [0.5, 0.6) is 0 Å². The van der Waals surface area contributed by atoms with Crippen LogP contribution >= 0.6 is 0 Å². The number of hydrogen-bond acceptors (Lipinski definition) is 4. The van der Waals surface area contributed by atoms with Crippen LogP contribution in [0, 0.1) is 13.8 Å². The molecule has 6 nitrogen and oxygen atoms in total. The lowest BCUT2D eigenvalue weighted by Gasteiger charge is -2.11. The van der Waals surface area contributed by atoms with E-state index >= 15 is 0 Å². The average molecular weight is 725 g/mol. The van der Waals surface area contributed by atoms with Crippen LogP contribution in [0.4, 0.5) is 0 Å². The Morgan fingerprint density at radius 3 is 1.39 bits per heavy atom. The number of aromatic nitrogens is 3. The summed E-state index contributed by atoms with van der Waals surface area (Å²) < 4.78 is 0. The van der Waals surface area contributed by atoms with Crippen molar-refractivity contribution in [1.29, 1.82) is 0 Å². The van der Waals surface area contributed by atoms with Crippen LogP contribution in [0.25, 0.3) is 56.4 Å². The van der Waals surface area contributed by atoms with Gasteiger partial charge in [-0.05, 0) is 71.0 Å². The summed E-state index contributed by atoms with van der Waals surface area (Å²) in [6.07, 6.45) is 0. The Labute approximate surface area is 327 Å². The maximum Gasteiger partial charge on any atom is 0.164 e. The molecule has 0 atom stereocenters. The minimum absolute atomic E-state index is 0.448. The highest BCUT2D eigenvalue weighted by atomic mass is 15.0. The molecular formula is C50H40N6. The van der Waals surface area contributed by atoms with Crippen LogP contribution in [0.15, 0.2) is 192 Å². The molecule has 0 saturated heterocycles. The van der Waals surface area contributed by atoms with Gasteiger partial charge in [0.1, 0.15) is 5.84 Å². The lowest BCUT2D eigenvalue weighted by atomic mass is 9.97. The SMILES string of the molecule is Cc1ccccc1C(N)=NC(=NCc1cccc(-c2cccc(-c3cccc(-c4nc(-c5ccccc5)nc(-c5ccccc5)n4)c3)c2)c1)c1ccccc1C. The fourth-order valence-corrected chi connectivity index (χ4v) is 6.71. The zero-order valence-electron chi connectivity index (χ0n) is 31.3. The predicted octanol–water partition coefficient (Wildman–Crippen LogP) is 11.2. The number of amidine groups is 2. The van der Waals surface area contributed by atoms with E-state index in [4.69, 9.17) is 30.7 Å². The Kier molecular flexibility index (Phi) is 10.4. The molecule has 270 valence electrons. The van der Waals surface area contributed by atoms with Crippen molar-refractivity contribution in [3.63, 3.8) is 0 Å². The second kappa shape index (κ2) is 16.4. The molecule has 0 aliphatic heterocycles. The summed E-state index contributed by atoms with van der Waals surface area (Å²) in [5.74, 6) is 2.96. The lowest BCUT2D eigenvalue weighted by Crippen LogP contribution is -2.18. The number of nitrogens with two attached hydrogens (primary N) is 1. The van der Waals surface area contributed by atoms with Gasteiger partial charge in [0.2, 0.25) is 0 Å². The van der Waals surface area contributed by atoms with E-state index in [2.05, 4.69) is 85.8 Å². The number of benzene rings is 7. The molecule has 1 heterocycles. The third-order valence-electron chi connectivity index (χ3n) is 9.72. The summed E-state index contributed by atoms with van der Waals surface area (Å²) in [5, 5.41) is 0. The Morgan fingerprint density at radius 2 is 0.839 bits per heavy atom. The zero-order chi connectivity index (χ0) is 38.3. The van der Waals surface area contributed by atoms with Crippen LogP contribution in [-0.2, 0) is 6.54 Å². The minimum Gasteiger partial charge on any atom is -0.383 e. The molecular weight excluding hydrogens is 685 g/mol. The number of aryl methyl sites for hydroxylation is 2. The van der Waals surface area contributed by atoms with E-state index in [1.54, 1.807) is 0 Å². The van der Waals surface area contributed by atoms with Gasteiger partial charge < -0.3 is 5.73 Å². The largest absolute Gasteiger partial charge is 0.383 e. The quantitative estimate of drug-likeness (QED) is 0.119. The Hall–Kier alpha value is -7.31. The molecule has 0 fully saturated rings. The number of hydrogen-bond donors (Lipinski definition) is 1. The van der Waals surface area contributed by atoms with Crippen LogP contribution in [0.1, 0.15) is 27.8 Å². The number of nitrogens with zero attached hydrogens (tertiary/aromatic N) is 5. The maximum atomic E-state index is 6.58. The van der Waals surface area contributed by atoms with Crippen molar-refractivity contribution in [2.75, 3.05) is 0 Å². The van der Waals surface area contributed by atoms with Gasteiger partial charge in [-0.15, -0.1) is 0 Å². The molecule has 8 aromatic rings. The van der Waals surface area contributed by atoms with Gasteiger partial charge in [-0.1, -0.05) is 164 Å². The Balaban J connectivity index is 1.10. The van der Waals surface area contributed by atoms with E-state index in [-0.39, 0.29) is 0 Å². The summed E-state index contributed by atoms with van der Waals surface area (Å²) >= 11 is 0. The van der Waals surface area contributed by atoms with Gasteiger partial charge in [-0.25, -0.2) is 19.9 Å². The van der Waals surface area contributed by atoms with E-state index in [0.29, 0.717) is 35.7 Å². The lowest BCUT2D eigenvalue weighted by molar-refractivity contribution is 1.06. The van der Waals surface area contributed by atoms with E-state index in [0.717, 1.165) is 66.8 Å². The molecule has 7 aromatic carbocycles. The summed E-state index contributed by atoms with van der Waals surface area (Å²) in [6.45, 7) is 4.56. The molecule has 0 amide bonds. The van der Waals surface area contributed by atoms with Gasteiger partial charge in [0.25, 0.3) is 0 Å². The second-order valence-electron chi connectivity index (χ2n) is 13.7. The predicted molar refractivity (Wildman–Crippen MR) is 230 cm³/mol. The fraction of sp³-hybridized carbons (Fsp3) is 0.0600. The van der Waals surface area contributed by atoms with Gasteiger partial charge in [-0.2, -0.15) is 0 Å². The Morgan fingerprint density at radius 1 is 0.429 bits per heavy atom. The van der Waals surface area contributed by atoms with Gasteiger partial charge in [-0.3, -0.25) is 4.99 Å². The monoisotopic (exact) mass is 724 g/mol. The molecule has 8 rings (SSSR count). The van der Waals surface area contributed by atoms with Crippen molar-refractivity contribution in [3.05, 3.63) is 210 Å². The van der Waals surface area contributed by atoms with Gasteiger partial charge in [0.05, 0.1) is 6.54 Å². The first-order valence-electron chi connectivity index (χ1n) is 18.7. The summed E-state index contributed by atoms with van der Waals surface area (Å²) in [7, 11) is 0. The van der Waals surface area contributed by atoms with Crippen LogP contribution in [-0.4, -0.2) is 26.6 Å². The topological polar surface area (TPSA) is 89.4 Å². The molecule has 0 saturated carbocycles. The van der Waals surface area contributed by atoms with E-state index in [9.17, 15) is 0 Å². The summed E-state index contributed by atoms with van der Waals surface area (Å²) in [6, 6.07) is 61.8. The zero-order valence-corrected chi connectivity index (χ0v) is 31.3. The van der Waals surface area contributed by atoms with Gasteiger partial charge >= 0.3 is 0 Å². The van der Waals surface area contributed by atoms with Gasteiger partial charge in [0.15, 0.2) is 23.3 Å². The van der Waals surface area contributed by atoms with Crippen molar-refractivity contribution < 1.29 is 0 Å². The first-order valence-corrected chi connectivity index (χ1v) is 18.7. The van der Waals surface area contributed by atoms with Crippen molar-refractivity contribution in [3.8, 4) is 56.4 Å². The van der Waals surface area contributed by atoms with Crippen LogP contribution in [0.3, 0.4) is 0 Å². The number of aliphatic imine (C=N–C) groups is 2. The summed E-state index contributed by atoms with van der Waals surface area (Å²) in [5.41, 5.74) is 18.8.